The normalized spacial score (nSPS) is 11.3. The quantitative estimate of drug-likeness (QED) is 0.744. The van der Waals surface area contributed by atoms with Gasteiger partial charge in [-0.3, -0.25) is 4.68 Å². The van der Waals surface area contributed by atoms with Crippen molar-refractivity contribution in [3.05, 3.63) is 17.5 Å². The van der Waals surface area contributed by atoms with Gasteiger partial charge in [-0.25, -0.2) is 0 Å². The molecule has 0 fully saturated rings. The molecule has 0 bridgehead atoms. The van der Waals surface area contributed by atoms with Crippen LogP contribution in [0.15, 0.2) is 6.20 Å². The molecule has 0 aromatic carbocycles. The van der Waals surface area contributed by atoms with Crippen molar-refractivity contribution in [2.24, 2.45) is 0 Å². The first-order valence-electron chi connectivity index (χ1n) is 5.88. The van der Waals surface area contributed by atoms with Crippen LogP contribution >= 0.6 is 11.8 Å². The Morgan fingerprint density at radius 3 is 2.88 bits per heavy atom. The maximum atomic E-state index is 4.43. The van der Waals surface area contributed by atoms with E-state index in [-0.39, 0.29) is 0 Å². The summed E-state index contributed by atoms with van der Waals surface area (Å²) in [6.07, 6.45) is 5.33. The topological polar surface area (TPSA) is 29.9 Å². The molecule has 0 radical (unpaired) electrons. The summed E-state index contributed by atoms with van der Waals surface area (Å²) in [5.74, 6) is 1.21. The van der Waals surface area contributed by atoms with E-state index in [1.807, 2.05) is 18.0 Å². The SMILES string of the molecule is CSCCCn1ncc(CNC(C)C)c1C. The molecule has 0 atom stereocenters. The number of thioether (sulfide) groups is 1. The zero-order valence-electron chi connectivity index (χ0n) is 10.8. The summed E-state index contributed by atoms with van der Waals surface area (Å²) in [7, 11) is 0. The lowest BCUT2D eigenvalue weighted by atomic mass is 10.2. The van der Waals surface area contributed by atoms with Gasteiger partial charge in [-0.15, -0.1) is 0 Å². The van der Waals surface area contributed by atoms with Gasteiger partial charge < -0.3 is 5.32 Å². The number of aryl methyl sites for hydroxylation is 1. The summed E-state index contributed by atoms with van der Waals surface area (Å²) in [5, 5.41) is 7.86. The number of nitrogens with zero attached hydrogens (tertiary/aromatic N) is 2. The summed E-state index contributed by atoms with van der Waals surface area (Å²) < 4.78 is 2.12. The first-order valence-corrected chi connectivity index (χ1v) is 7.28. The molecule has 0 aliphatic carbocycles. The third kappa shape index (κ3) is 4.18. The molecule has 92 valence electrons. The molecule has 0 spiro atoms. The smallest absolute Gasteiger partial charge is 0.0537 e. The van der Waals surface area contributed by atoms with Crippen LogP contribution in [0.5, 0.6) is 0 Å². The summed E-state index contributed by atoms with van der Waals surface area (Å²) >= 11 is 1.89. The molecule has 0 saturated heterocycles. The molecule has 1 heterocycles. The molecule has 3 nitrogen and oxygen atoms in total. The first kappa shape index (κ1) is 13.6. The van der Waals surface area contributed by atoms with Gasteiger partial charge in [0.25, 0.3) is 0 Å². The van der Waals surface area contributed by atoms with Crippen LogP contribution in [0.25, 0.3) is 0 Å². The van der Waals surface area contributed by atoms with Gasteiger partial charge in [0.05, 0.1) is 6.20 Å². The molecular weight excluding hydrogens is 218 g/mol. The molecule has 0 saturated carbocycles. The van der Waals surface area contributed by atoms with E-state index in [0.29, 0.717) is 6.04 Å². The van der Waals surface area contributed by atoms with E-state index in [2.05, 4.69) is 42.1 Å². The lowest BCUT2D eigenvalue weighted by molar-refractivity contribution is 0.575. The predicted octanol–water partition coefficient (Wildman–Crippen LogP) is 2.44. The standard InChI is InChI=1S/C12H23N3S/c1-10(2)13-8-12-9-14-15(11(12)3)6-5-7-16-4/h9-10,13H,5-8H2,1-4H3. The van der Waals surface area contributed by atoms with Gasteiger partial charge in [0.1, 0.15) is 0 Å². The maximum absolute atomic E-state index is 4.43. The van der Waals surface area contributed by atoms with Gasteiger partial charge in [0, 0.05) is 30.4 Å². The number of hydrogen-bond acceptors (Lipinski definition) is 3. The zero-order chi connectivity index (χ0) is 12.0. The summed E-state index contributed by atoms with van der Waals surface area (Å²) in [5.41, 5.74) is 2.62. The minimum absolute atomic E-state index is 0.527. The van der Waals surface area contributed by atoms with Crippen molar-refractivity contribution >= 4 is 11.8 Å². The van der Waals surface area contributed by atoms with Crippen molar-refractivity contribution in [3.63, 3.8) is 0 Å². The van der Waals surface area contributed by atoms with Gasteiger partial charge in [-0.1, -0.05) is 13.8 Å². The highest BCUT2D eigenvalue weighted by Crippen LogP contribution is 2.08. The van der Waals surface area contributed by atoms with Crippen molar-refractivity contribution in [2.45, 2.75) is 46.3 Å². The van der Waals surface area contributed by atoms with E-state index < -0.39 is 0 Å². The maximum Gasteiger partial charge on any atom is 0.0537 e. The van der Waals surface area contributed by atoms with E-state index in [1.165, 1.54) is 23.4 Å². The zero-order valence-corrected chi connectivity index (χ0v) is 11.6. The van der Waals surface area contributed by atoms with Gasteiger partial charge in [-0.2, -0.15) is 16.9 Å². The summed E-state index contributed by atoms with van der Waals surface area (Å²) in [6.45, 7) is 8.44. The van der Waals surface area contributed by atoms with E-state index in [4.69, 9.17) is 0 Å². The van der Waals surface area contributed by atoms with Crippen LogP contribution in [0.3, 0.4) is 0 Å². The van der Waals surface area contributed by atoms with E-state index in [1.54, 1.807) is 0 Å². The van der Waals surface area contributed by atoms with Gasteiger partial charge in [-0.05, 0) is 25.4 Å². The van der Waals surface area contributed by atoms with Crippen molar-refractivity contribution < 1.29 is 0 Å². The largest absolute Gasteiger partial charge is 0.310 e. The molecule has 4 heteroatoms. The molecule has 0 unspecified atom stereocenters. The Bertz CT molecular complexity index is 307. The van der Waals surface area contributed by atoms with Crippen LogP contribution in [-0.4, -0.2) is 27.8 Å². The van der Waals surface area contributed by atoms with Crippen molar-refractivity contribution in [3.8, 4) is 0 Å². The fraction of sp³-hybridized carbons (Fsp3) is 0.750. The van der Waals surface area contributed by atoms with E-state index in [9.17, 15) is 0 Å². The third-order valence-electron chi connectivity index (χ3n) is 2.62. The molecular formula is C12H23N3S. The Balaban J connectivity index is 2.48. The Morgan fingerprint density at radius 2 is 2.25 bits per heavy atom. The molecule has 1 rings (SSSR count). The van der Waals surface area contributed by atoms with Crippen LogP contribution in [0, 0.1) is 6.92 Å². The monoisotopic (exact) mass is 241 g/mol. The molecule has 0 aliphatic heterocycles. The van der Waals surface area contributed by atoms with Gasteiger partial charge >= 0.3 is 0 Å². The highest BCUT2D eigenvalue weighted by molar-refractivity contribution is 7.98. The van der Waals surface area contributed by atoms with Crippen molar-refractivity contribution in [1.82, 2.24) is 15.1 Å². The Labute approximate surface area is 103 Å². The molecule has 16 heavy (non-hydrogen) atoms. The highest BCUT2D eigenvalue weighted by Gasteiger charge is 2.06. The summed E-state index contributed by atoms with van der Waals surface area (Å²) in [6, 6.07) is 0.527. The lowest BCUT2D eigenvalue weighted by Gasteiger charge is -2.08. The second-order valence-electron chi connectivity index (χ2n) is 4.36. The van der Waals surface area contributed by atoms with E-state index >= 15 is 0 Å². The average Bonchev–Trinajstić information content (AvgIpc) is 2.58. The molecule has 1 N–H and O–H groups in total. The van der Waals surface area contributed by atoms with Crippen LogP contribution in [0.2, 0.25) is 0 Å². The molecule has 1 aromatic heterocycles. The van der Waals surface area contributed by atoms with Crippen LogP contribution in [-0.2, 0) is 13.1 Å². The van der Waals surface area contributed by atoms with E-state index in [0.717, 1.165) is 13.1 Å². The Hall–Kier alpha value is -0.480. The second kappa shape index (κ2) is 6.97. The molecule has 1 aromatic rings. The average molecular weight is 241 g/mol. The fourth-order valence-corrected chi connectivity index (χ4v) is 1.97. The minimum Gasteiger partial charge on any atom is -0.310 e. The van der Waals surface area contributed by atoms with Crippen molar-refractivity contribution in [1.29, 1.82) is 0 Å². The Kier molecular flexibility index (Phi) is 5.91. The fourth-order valence-electron chi connectivity index (χ4n) is 1.56. The molecule has 0 aliphatic rings. The van der Waals surface area contributed by atoms with Crippen LogP contribution < -0.4 is 5.32 Å². The number of rotatable bonds is 7. The third-order valence-corrected chi connectivity index (χ3v) is 3.32. The minimum atomic E-state index is 0.527. The molecule has 0 amide bonds. The number of nitrogens with one attached hydrogen (secondary N) is 1. The van der Waals surface area contributed by atoms with Crippen LogP contribution in [0.1, 0.15) is 31.5 Å². The van der Waals surface area contributed by atoms with Gasteiger partial charge in [0.2, 0.25) is 0 Å². The Morgan fingerprint density at radius 1 is 1.50 bits per heavy atom. The van der Waals surface area contributed by atoms with Gasteiger partial charge in [0.15, 0.2) is 0 Å². The van der Waals surface area contributed by atoms with Crippen LogP contribution in [0.4, 0.5) is 0 Å². The second-order valence-corrected chi connectivity index (χ2v) is 5.35. The predicted molar refractivity (Wildman–Crippen MR) is 71.9 cm³/mol. The summed E-state index contributed by atoms with van der Waals surface area (Å²) in [4.78, 5) is 0. The number of aromatic nitrogens is 2. The van der Waals surface area contributed by atoms with Crippen molar-refractivity contribution in [2.75, 3.05) is 12.0 Å². The lowest BCUT2D eigenvalue weighted by Crippen LogP contribution is -2.22. The highest BCUT2D eigenvalue weighted by atomic mass is 32.2. The first-order chi connectivity index (χ1) is 7.65. The number of hydrogen-bond donors (Lipinski definition) is 1.